The molecule has 3 heterocycles. The third kappa shape index (κ3) is 3.15. The van der Waals surface area contributed by atoms with E-state index < -0.39 is 6.17 Å². The van der Waals surface area contributed by atoms with E-state index in [2.05, 4.69) is 34.9 Å². The first-order valence-corrected chi connectivity index (χ1v) is 8.23. The monoisotopic (exact) mass is 328 g/mol. The summed E-state index contributed by atoms with van der Waals surface area (Å²) in [5.74, 6) is -0.366. The number of nitrogens with one attached hydrogen (secondary N) is 3. The number of nitrogens with zero attached hydrogens (tertiary/aromatic N) is 2. The van der Waals surface area contributed by atoms with Gasteiger partial charge in [0, 0.05) is 31.9 Å². The number of rotatable bonds is 2. The Labute approximate surface area is 136 Å². The molecule has 0 aromatic heterocycles. The number of amides is 1. The summed E-state index contributed by atoms with van der Waals surface area (Å²) in [5, 5.41) is 8.38. The van der Waals surface area contributed by atoms with Crippen molar-refractivity contribution in [3.63, 3.8) is 0 Å². The third-order valence-corrected chi connectivity index (χ3v) is 5.00. The highest BCUT2D eigenvalue weighted by Gasteiger charge is 2.46. The van der Waals surface area contributed by atoms with Gasteiger partial charge in [-0.2, -0.15) is 0 Å². The van der Waals surface area contributed by atoms with Crippen molar-refractivity contribution in [2.45, 2.75) is 31.1 Å². The number of halogens is 1. The molecule has 0 radical (unpaired) electrons. The van der Waals surface area contributed by atoms with Crippen LogP contribution in [0.25, 0.3) is 0 Å². The maximum atomic E-state index is 12.7. The molecule has 0 aromatic rings. The van der Waals surface area contributed by atoms with E-state index in [0.717, 1.165) is 25.2 Å². The molecule has 3 rings (SSSR count). The van der Waals surface area contributed by atoms with E-state index in [0.29, 0.717) is 13.1 Å². The normalized spacial score (nSPS) is 37.3. The van der Waals surface area contributed by atoms with Crippen molar-refractivity contribution in [1.82, 2.24) is 26.0 Å². The van der Waals surface area contributed by atoms with E-state index in [1.807, 2.05) is 5.01 Å². The Balaban J connectivity index is 1.69. The number of nitrogens with two attached hydrogens (primary N) is 1. The van der Waals surface area contributed by atoms with Gasteiger partial charge in [-0.3, -0.25) is 10.1 Å². The van der Waals surface area contributed by atoms with Crippen molar-refractivity contribution < 1.29 is 4.79 Å². The van der Waals surface area contributed by atoms with Crippen LogP contribution in [0.15, 0.2) is 11.3 Å². The van der Waals surface area contributed by atoms with Crippen LogP contribution >= 0.6 is 11.6 Å². The Kier molecular flexibility index (Phi) is 4.72. The number of alkyl halides is 1. The van der Waals surface area contributed by atoms with Gasteiger partial charge in [-0.15, -0.1) is 11.6 Å². The first-order valence-electron chi connectivity index (χ1n) is 7.79. The van der Waals surface area contributed by atoms with Crippen LogP contribution in [0.1, 0.15) is 13.3 Å². The second-order valence-electron chi connectivity index (χ2n) is 6.52. The Morgan fingerprint density at radius 3 is 3.05 bits per heavy atom. The zero-order valence-electron chi connectivity index (χ0n) is 13.1. The Bertz CT molecular complexity index is 484. The van der Waals surface area contributed by atoms with Crippen molar-refractivity contribution in [2.24, 2.45) is 11.7 Å². The number of likely N-dealkylation sites (N-methyl/N-ethyl adjacent to an activating group) is 1. The highest BCUT2D eigenvalue weighted by atomic mass is 35.5. The average Bonchev–Trinajstić information content (AvgIpc) is 2.77. The van der Waals surface area contributed by atoms with E-state index in [1.165, 1.54) is 5.57 Å². The zero-order valence-corrected chi connectivity index (χ0v) is 13.9. The summed E-state index contributed by atoms with van der Waals surface area (Å²) in [6.45, 7) is 5.26. The highest BCUT2D eigenvalue weighted by Crippen LogP contribution is 2.23. The van der Waals surface area contributed by atoms with Gasteiger partial charge in [0.05, 0.1) is 23.6 Å². The van der Waals surface area contributed by atoms with E-state index in [9.17, 15) is 4.79 Å². The lowest BCUT2D eigenvalue weighted by molar-refractivity contribution is -0.126. The molecule has 0 aromatic carbocycles. The highest BCUT2D eigenvalue weighted by molar-refractivity contribution is 6.21. The molecule has 4 unspecified atom stereocenters. The molecule has 0 aliphatic carbocycles. The molecule has 124 valence electrons. The Hall–Kier alpha value is -0.700. The lowest BCUT2D eigenvalue weighted by Gasteiger charge is -2.34. The Morgan fingerprint density at radius 1 is 1.50 bits per heavy atom. The predicted octanol–water partition coefficient (Wildman–Crippen LogP) is -1.03. The fourth-order valence-corrected chi connectivity index (χ4v) is 3.59. The van der Waals surface area contributed by atoms with Crippen LogP contribution in [0.4, 0.5) is 0 Å². The maximum absolute atomic E-state index is 12.7. The minimum atomic E-state index is -0.401. The van der Waals surface area contributed by atoms with Gasteiger partial charge in [-0.05, 0) is 20.4 Å². The number of fused-ring (bicyclic) bond motifs is 1. The van der Waals surface area contributed by atoms with Gasteiger partial charge in [0.1, 0.15) is 0 Å². The third-order valence-electron chi connectivity index (χ3n) is 4.71. The van der Waals surface area contributed by atoms with E-state index in [4.69, 9.17) is 17.3 Å². The SMILES string of the molecule is CC1=C(NC(=O)C2C(N)NN3CC(Cl)CNC23)CN(C)CC1. The lowest BCUT2D eigenvalue weighted by Crippen LogP contribution is -2.58. The molecule has 0 saturated carbocycles. The topological polar surface area (TPSA) is 85.7 Å². The molecule has 3 aliphatic rings. The summed E-state index contributed by atoms with van der Waals surface area (Å²) >= 11 is 6.15. The van der Waals surface area contributed by atoms with Crippen molar-refractivity contribution in [1.29, 1.82) is 0 Å². The summed E-state index contributed by atoms with van der Waals surface area (Å²) in [7, 11) is 2.06. The largest absolute Gasteiger partial charge is 0.328 e. The molecule has 1 amide bonds. The predicted molar refractivity (Wildman–Crippen MR) is 85.7 cm³/mol. The number of hydrogen-bond donors (Lipinski definition) is 4. The maximum Gasteiger partial charge on any atom is 0.233 e. The fraction of sp³-hybridized carbons (Fsp3) is 0.786. The summed E-state index contributed by atoms with van der Waals surface area (Å²) < 4.78 is 0. The summed E-state index contributed by atoms with van der Waals surface area (Å²) in [6.07, 6.45) is 0.483. The molecule has 2 saturated heterocycles. The van der Waals surface area contributed by atoms with Crippen LogP contribution < -0.4 is 21.8 Å². The molecular formula is C14H25ClN6O. The quantitative estimate of drug-likeness (QED) is 0.485. The van der Waals surface area contributed by atoms with E-state index >= 15 is 0 Å². The zero-order chi connectivity index (χ0) is 15.9. The Morgan fingerprint density at radius 2 is 2.27 bits per heavy atom. The molecule has 2 fully saturated rings. The van der Waals surface area contributed by atoms with Crippen molar-refractivity contribution in [3.05, 3.63) is 11.3 Å². The standard InChI is InChI=1S/C14H25ClN6O/c1-8-3-4-20(2)7-10(8)18-14(22)11-12(16)19-21-6-9(15)5-17-13(11)21/h9,11-13,17,19H,3-7,16H2,1-2H3,(H,18,22). The molecule has 7 nitrogen and oxygen atoms in total. The molecule has 5 N–H and O–H groups in total. The van der Waals surface area contributed by atoms with Crippen LogP contribution in [0.3, 0.4) is 0 Å². The van der Waals surface area contributed by atoms with Crippen LogP contribution in [0.5, 0.6) is 0 Å². The minimum absolute atomic E-state index is 0.0229. The van der Waals surface area contributed by atoms with Crippen LogP contribution in [0, 0.1) is 5.92 Å². The molecule has 8 heteroatoms. The van der Waals surface area contributed by atoms with Gasteiger partial charge in [0.25, 0.3) is 0 Å². The van der Waals surface area contributed by atoms with Crippen LogP contribution in [-0.4, -0.2) is 66.8 Å². The number of hydrogen-bond acceptors (Lipinski definition) is 6. The molecule has 0 bridgehead atoms. The van der Waals surface area contributed by atoms with Gasteiger partial charge in [-0.1, -0.05) is 5.57 Å². The molecule has 3 aliphatic heterocycles. The van der Waals surface area contributed by atoms with Crippen LogP contribution in [-0.2, 0) is 4.79 Å². The van der Waals surface area contributed by atoms with Gasteiger partial charge >= 0.3 is 0 Å². The molecule has 4 atom stereocenters. The van der Waals surface area contributed by atoms with E-state index in [-0.39, 0.29) is 23.4 Å². The molecule has 0 spiro atoms. The average molecular weight is 329 g/mol. The minimum Gasteiger partial charge on any atom is -0.328 e. The summed E-state index contributed by atoms with van der Waals surface area (Å²) in [5.41, 5.74) is 11.5. The number of carbonyl (C=O) groups is 1. The second-order valence-corrected chi connectivity index (χ2v) is 7.14. The first-order chi connectivity index (χ1) is 10.5. The molecule has 22 heavy (non-hydrogen) atoms. The fourth-order valence-electron chi connectivity index (χ4n) is 3.35. The first kappa shape index (κ1) is 16.2. The molecular weight excluding hydrogens is 304 g/mol. The van der Waals surface area contributed by atoms with Gasteiger partial charge in [0.2, 0.25) is 5.91 Å². The van der Waals surface area contributed by atoms with Crippen molar-refractivity contribution in [2.75, 3.05) is 33.2 Å². The lowest BCUT2D eigenvalue weighted by atomic mass is 10.0. The van der Waals surface area contributed by atoms with Gasteiger partial charge in [0.15, 0.2) is 0 Å². The van der Waals surface area contributed by atoms with Gasteiger partial charge in [-0.25, -0.2) is 10.4 Å². The summed E-state index contributed by atoms with van der Waals surface area (Å²) in [4.78, 5) is 14.9. The van der Waals surface area contributed by atoms with Crippen molar-refractivity contribution >= 4 is 17.5 Å². The number of carbonyl (C=O) groups excluding carboxylic acids is 1. The van der Waals surface area contributed by atoms with Crippen LogP contribution in [0.2, 0.25) is 0 Å². The van der Waals surface area contributed by atoms with Gasteiger partial charge < -0.3 is 16.0 Å². The van der Waals surface area contributed by atoms with E-state index in [1.54, 1.807) is 0 Å². The second kappa shape index (κ2) is 6.43. The smallest absolute Gasteiger partial charge is 0.233 e. The summed E-state index contributed by atoms with van der Waals surface area (Å²) in [6, 6.07) is 0. The van der Waals surface area contributed by atoms with Crippen molar-refractivity contribution in [3.8, 4) is 0 Å². The number of hydrazine groups is 1.